The van der Waals surface area contributed by atoms with Crippen LogP contribution in [0.2, 0.25) is 0 Å². The Balaban J connectivity index is 1.06. The highest BCUT2D eigenvalue weighted by molar-refractivity contribution is 6.12. The summed E-state index contributed by atoms with van der Waals surface area (Å²) in [6, 6.07) is 59.2. The fraction of sp³-hybridized carbons (Fsp3) is 0.0652. The molecule has 0 saturated carbocycles. The number of rotatable bonds is 7. The Morgan fingerprint density at radius 2 is 1.40 bits per heavy atom. The van der Waals surface area contributed by atoms with Crippen LogP contribution in [0.25, 0.3) is 60.6 Å². The highest BCUT2D eigenvalue weighted by Crippen LogP contribution is 2.47. The van der Waals surface area contributed by atoms with Gasteiger partial charge >= 0.3 is 0 Å². The molecule has 2 aromatic heterocycles. The standard InChI is InChI=1S/C46H33N5O/c47-28-30-11-8-15-34(25-30)45(48)51-46(32-13-2-1-3-14-32)49(51)29-31-12-9-16-35(26-31)50-41-21-6-4-17-37(41)38-24-23-33(27-42(38)50)36-19-10-20-40-39-18-5-7-22-43(39)52-44(36)40/h1-27,45-46H,29,48H2. The second kappa shape index (κ2) is 12.1. The van der Waals surface area contributed by atoms with Gasteiger partial charge in [-0.05, 0) is 64.7 Å². The second-order valence-corrected chi connectivity index (χ2v) is 13.5. The van der Waals surface area contributed by atoms with Gasteiger partial charge < -0.3 is 14.7 Å². The molecule has 248 valence electrons. The van der Waals surface area contributed by atoms with Gasteiger partial charge in [-0.1, -0.05) is 121 Å². The molecule has 10 rings (SSSR count). The second-order valence-electron chi connectivity index (χ2n) is 13.5. The van der Waals surface area contributed by atoms with Crippen LogP contribution in [0, 0.1) is 11.3 Å². The van der Waals surface area contributed by atoms with E-state index in [4.69, 9.17) is 10.2 Å². The van der Waals surface area contributed by atoms with Crippen molar-refractivity contribution in [2.24, 2.45) is 5.73 Å². The van der Waals surface area contributed by atoms with E-state index in [0.29, 0.717) is 12.1 Å². The molecule has 0 amide bonds. The van der Waals surface area contributed by atoms with Crippen molar-refractivity contribution in [2.45, 2.75) is 18.9 Å². The van der Waals surface area contributed by atoms with Crippen molar-refractivity contribution >= 4 is 43.7 Å². The van der Waals surface area contributed by atoms with Crippen LogP contribution >= 0.6 is 0 Å². The maximum absolute atomic E-state index is 9.53. The van der Waals surface area contributed by atoms with Gasteiger partial charge in [-0.3, -0.25) is 0 Å². The van der Waals surface area contributed by atoms with Crippen LogP contribution < -0.4 is 5.73 Å². The molecule has 0 radical (unpaired) electrons. The maximum Gasteiger partial charge on any atom is 0.143 e. The highest BCUT2D eigenvalue weighted by atomic mass is 16.3. The molecule has 0 aliphatic carbocycles. The van der Waals surface area contributed by atoms with Crippen molar-refractivity contribution in [1.82, 2.24) is 14.6 Å². The normalized spacial score (nSPS) is 17.5. The van der Waals surface area contributed by atoms with Gasteiger partial charge in [-0.15, -0.1) is 0 Å². The van der Waals surface area contributed by atoms with Crippen LogP contribution in [0.5, 0.6) is 0 Å². The lowest BCUT2D eigenvalue weighted by Crippen LogP contribution is -2.23. The summed E-state index contributed by atoms with van der Waals surface area (Å²) in [5, 5.41) is 18.7. The highest BCUT2D eigenvalue weighted by Gasteiger charge is 2.49. The Labute approximate surface area is 300 Å². The van der Waals surface area contributed by atoms with Gasteiger partial charge in [0, 0.05) is 39.3 Å². The number of nitriles is 1. The van der Waals surface area contributed by atoms with Gasteiger partial charge in [0.05, 0.1) is 28.8 Å². The average molecular weight is 672 g/mol. The first-order valence-corrected chi connectivity index (χ1v) is 17.5. The predicted molar refractivity (Wildman–Crippen MR) is 208 cm³/mol. The van der Waals surface area contributed by atoms with Crippen LogP contribution in [0.4, 0.5) is 0 Å². The number of hydrogen-bond acceptors (Lipinski definition) is 5. The molecule has 1 aliphatic rings. The Hall–Kier alpha value is -6.49. The summed E-state index contributed by atoms with van der Waals surface area (Å²) < 4.78 is 8.83. The first-order valence-electron chi connectivity index (χ1n) is 17.5. The number of furan rings is 1. The first kappa shape index (κ1) is 30.3. The van der Waals surface area contributed by atoms with Crippen LogP contribution in [0.1, 0.15) is 34.6 Å². The summed E-state index contributed by atoms with van der Waals surface area (Å²) in [6.07, 6.45) is -0.379. The fourth-order valence-corrected chi connectivity index (χ4v) is 7.97. The minimum absolute atomic E-state index is 0.0161. The van der Waals surface area contributed by atoms with Gasteiger partial charge in [-0.25, -0.2) is 5.01 Å². The molecule has 4 atom stereocenters. The van der Waals surface area contributed by atoms with E-state index in [1.54, 1.807) is 0 Å². The molecule has 4 unspecified atom stereocenters. The SMILES string of the molecule is N#Cc1cccc(C(N)N2C(c3ccccc3)N2Cc2cccc(-n3c4ccccc4c4ccc(-c5cccc6c5oc5ccccc56)cc43)c2)c1. The number of benzene rings is 7. The number of para-hydroxylation sites is 3. The van der Waals surface area contributed by atoms with Crippen molar-refractivity contribution in [2.75, 3.05) is 0 Å². The molecule has 1 saturated heterocycles. The Morgan fingerprint density at radius 1 is 0.654 bits per heavy atom. The molecule has 0 spiro atoms. The van der Waals surface area contributed by atoms with Crippen molar-refractivity contribution in [3.8, 4) is 22.9 Å². The van der Waals surface area contributed by atoms with Crippen LogP contribution in [-0.2, 0) is 6.54 Å². The Bertz CT molecular complexity index is 2850. The Morgan fingerprint density at radius 3 is 2.29 bits per heavy atom. The number of fused-ring (bicyclic) bond motifs is 6. The zero-order valence-electron chi connectivity index (χ0n) is 28.2. The lowest BCUT2D eigenvalue weighted by Gasteiger charge is -2.15. The molecule has 6 heteroatoms. The van der Waals surface area contributed by atoms with Crippen molar-refractivity contribution in [3.63, 3.8) is 0 Å². The van der Waals surface area contributed by atoms with Crippen molar-refractivity contribution in [1.29, 1.82) is 5.26 Å². The zero-order valence-corrected chi connectivity index (χ0v) is 28.2. The number of nitrogens with zero attached hydrogens (tertiary/aromatic N) is 4. The molecule has 2 N–H and O–H groups in total. The third-order valence-corrected chi connectivity index (χ3v) is 10.4. The minimum Gasteiger partial charge on any atom is -0.455 e. The van der Waals surface area contributed by atoms with Crippen LogP contribution in [-0.4, -0.2) is 14.6 Å². The predicted octanol–water partition coefficient (Wildman–Crippen LogP) is 10.6. The van der Waals surface area contributed by atoms with Gasteiger partial charge in [0.1, 0.15) is 17.3 Å². The lowest BCUT2D eigenvalue weighted by atomic mass is 10.0. The van der Waals surface area contributed by atoms with E-state index in [1.165, 1.54) is 21.9 Å². The molecule has 0 bridgehead atoms. The maximum atomic E-state index is 9.53. The molecule has 1 fully saturated rings. The van der Waals surface area contributed by atoms with E-state index in [-0.39, 0.29) is 6.17 Å². The molecule has 3 heterocycles. The van der Waals surface area contributed by atoms with Gasteiger partial charge in [0.25, 0.3) is 0 Å². The number of aromatic nitrogens is 1. The molecule has 52 heavy (non-hydrogen) atoms. The number of hydrazine groups is 1. The first-order chi connectivity index (χ1) is 25.7. The molecule has 1 aliphatic heterocycles. The van der Waals surface area contributed by atoms with Gasteiger partial charge in [0.15, 0.2) is 0 Å². The zero-order chi connectivity index (χ0) is 34.8. The third kappa shape index (κ3) is 4.91. The molecular formula is C46H33N5O. The monoisotopic (exact) mass is 671 g/mol. The van der Waals surface area contributed by atoms with E-state index >= 15 is 0 Å². The number of hydrogen-bond donors (Lipinski definition) is 1. The van der Waals surface area contributed by atoms with Gasteiger partial charge in [-0.2, -0.15) is 10.3 Å². The molecular weight excluding hydrogens is 639 g/mol. The quantitative estimate of drug-likeness (QED) is 0.171. The summed E-state index contributed by atoms with van der Waals surface area (Å²) >= 11 is 0. The third-order valence-electron chi connectivity index (χ3n) is 10.4. The summed E-state index contributed by atoms with van der Waals surface area (Å²) in [4.78, 5) is 0. The largest absolute Gasteiger partial charge is 0.455 e. The summed E-state index contributed by atoms with van der Waals surface area (Å²) in [5.41, 5.74) is 18.2. The van der Waals surface area contributed by atoms with E-state index in [0.717, 1.165) is 55.3 Å². The topological polar surface area (TPSA) is 73.9 Å². The van der Waals surface area contributed by atoms with E-state index in [1.807, 2.05) is 42.5 Å². The van der Waals surface area contributed by atoms with Gasteiger partial charge in [0.2, 0.25) is 0 Å². The van der Waals surface area contributed by atoms with Crippen LogP contribution in [0.3, 0.4) is 0 Å². The lowest BCUT2D eigenvalue weighted by molar-refractivity contribution is 0.237. The summed E-state index contributed by atoms with van der Waals surface area (Å²) in [7, 11) is 0. The Kier molecular flexibility index (Phi) is 7.05. The van der Waals surface area contributed by atoms with Crippen LogP contribution in [0.15, 0.2) is 168 Å². The van der Waals surface area contributed by atoms with E-state index in [2.05, 4.69) is 142 Å². The molecule has 9 aromatic rings. The van der Waals surface area contributed by atoms with E-state index < -0.39 is 6.17 Å². The van der Waals surface area contributed by atoms with Crippen molar-refractivity contribution < 1.29 is 4.42 Å². The van der Waals surface area contributed by atoms with Crippen molar-refractivity contribution in [3.05, 3.63) is 186 Å². The minimum atomic E-state index is -0.395. The fourth-order valence-electron chi connectivity index (χ4n) is 7.97. The summed E-state index contributed by atoms with van der Waals surface area (Å²) in [6.45, 7) is 0.676. The number of nitrogens with two attached hydrogens (primary N) is 1. The molecule has 6 nitrogen and oxygen atoms in total. The summed E-state index contributed by atoms with van der Waals surface area (Å²) in [5.74, 6) is 0. The molecule has 7 aromatic carbocycles. The average Bonchev–Trinajstić information content (AvgIpc) is 3.61. The smallest absolute Gasteiger partial charge is 0.143 e. The van der Waals surface area contributed by atoms with E-state index in [9.17, 15) is 5.26 Å².